The standard InChI is InChI=1S/C25H18Cl3N9O2S2/c1-11-5-3-7-13(26)17(11)32-19(38)15-9-30-25(40-15)37-24-35-22(28)34-23(36-24)31-16-10-29-21(41-16)20(39)33-18-12(2)6-4-8-14(18)27/h3-10H,1-2H3,(H,32,38)(H,33,39)(H2,30,31,34,35,36,37). The van der Waals surface area contributed by atoms with Gasteiger partial charge in [0.25, 0.3) is 11.8 Å². The molecule has 0 saturated heterocycles. The highest BCUT2D eigenvalue weighted by Crippen LogP contribution is 2.30. The first-order chi connectivity index (χ1) is 19.7. The van der Waals surface area contributed by atoms with Crippen LogP contribution in [0.25, 0.3) is 0 Å². The molecule has 0 unspecified atom stereocenters. The molecule has 5 rings (SSSR count). The van der Waals surface area contributed by atoms with Gasteiger partial charge < -0.3 is 16.0 Å². The van der Waals surface area contributed by atoms with Gasteiger partial charge in [0.2, 0.25) is 17.2 Å². The summed E-state index contributed by atoms with van der Waals surface area (Å²) < 4.78 is 0. The fraction of sp³-hybridized carbons (Fsp3) is 0.0800. The van der Waals surface area contributed by atoms with E-state index in [9.17, 15) is 9.59 Å². The predicted octanol–water partition coefficient (Wildman–Crippen LogP) is 7.35. The Balaban J connectivity index is 1.25. The number of halogens is 3. The second-order valence-electron chi connectivity index (χ2n) is 8.33. The highest BCUT2D eigenvalue weighted by Gasteiger charge is 2.17. The topological polar surface area (TPSA) is 147 Å². The van der Waals surface area contributed by atoms with Gasteiger partial charge in [0.15, 0.2) is 10.1 Å². The zero-order chi connectivity index (χ0) is 29.1. The normalized spacial score (nSPS) is 10.8. The van der Waals surface area contributed by atoms with Gasteiger partial charge in [-0.1, -0.05) is 70.1 Å². The van der Waals surface area contributed by atoms with Crippen LogP contribution in [0.1, 0.15) is 30.6 Å². The summed E-state index contributed by atoms with van der Waals surface area (Å²) in [4.78, 5) is 46.6. The molecule has 2 amide bonds. The molecule has 0 spiro atoms. The maximum absolute atomic E-state index is 12.7. The number of rotatable bonds is 8. The Morgan fingerprint density at radius 1 is 0.732 bits per heavy atom. The van der Waals surface area contributed by atoms with E-state index in [1.807, 2.05) is 26.0 Å². The quantitative estimate of drug-likeness (QED) is 0.136. The molecule has 208 valence electrons. The maximum Gasteiger partial charge on any atom is 0.284 e. The van der Waals surface area contributed by atoms with Gasteiger partial charge >= 0.3 is 0 Å². The smallest absolute Gasteiger partial charge is 0.284 e. The number of nitrogens with zero attached hydrogens (tertiary/aromatic N) is 5. The van der Waals surface area contributed by atoms with Crippen LogP contribution in [0, 0.1) is 13.8 Å². The minimum absolute atomic E-state index is 0.0902. The molecule has 41 heavy (non-hydrogen) atoms. The van der Waals surface area contributed by atoms with Gasteiger partial charge in [0, 0.05) is 0 Å². The van der Waals surface area contributed by atoms with E-state index in [0.29, 0.717) is 36.4 Å². The fourth-order valence-corrected chi connectivity index (χ4v) is 5.57. The van der Waals surface area contributed by atoms with Gasteiger partial charge in [-0.2, -0.15) is 15.0 Å². The predicted molar refractivity (Wildman–Crippen MR) is 164 cm³/mol. The average Bonchev–Trinajstić information content (AvgIpc) is 3.58. The number of carbonyl (C=O) groups excluding carboxylic acids is 2. The molecule has 0 aliphatic heterocycles. The molecule has 0 aliphatic rings. The van der Waals surface area contributed by atoms with Crippen LogP contribution in [0.15, 0.2) is 48.8 Å². The molecule has 0 fully saturated rings. The molecular weight excluding hydrogens is 629 g/mol. The summed E-state index contributed by atoms with van der Waals surface area (Å²) in [6.45, 7) is 3.69. The number of aromatic nitrogens is 5. The van der Waals surface area contributed by atoms with Crippen molar-refractivity contribution in [1.82, 2.24) is 24.9 Å². The first kappa shape index (κ1) is 28.6. The van der Waals surface area contributed by atoms with Crippen LogP contribution < -0.4 is 21.3 Å². The number of hydrogen-bond donors (Lipinski definition) is 4. The molecule has 3 heterocycles. The van der Waals surface area contributed by atoms with Crippen molar-refractivity contribution < 1.29 is 9.59 Å². The third kappa shape index (κ3) is 6.89. The van der Waals surface area contributed by atoms with E-state index in [1.165, 1.54) is 12.4 Å². The van der Waals surface area contributed by atoms with Gasteiger partial charge in [-0.05, 0) is 48.7 Å². The van der Waals surface area contributed by atoms with Crippen molar-refractivity contribution >= 4 is 103 Å². The van der Waals surface area contributed by atoms with Gasteiger partial charge in [-0.15, -0.1) is 0 Å². The number of nitrogens with one attached hydrogen (secondary N) is 4. The second kappa shape index (κ2) is 12.3. The Bertz CT molecular complexity index is 1610. The third-order valence-electron chi connectivity index (χ3n) is 5.41. The molecule has 0 atom stereocenters. The molecule has 0 aliphatic carbocycles. The average molecular weight is 647 g/mol. The summed E-state index contributed by atoms with van der Waals surface area (Å²) in [6.07, 6.45) is 2.89. The van der Waals surface area contributed by atoms with Crippen LogP contribution in [-0.2, 0) is 0 Å². The molecule has 16 heteroatoms. The first-order valence-electron chi connectivity index (χ1n) is 11.7. The van der Waals surface area contributed by atoms with E-state index in [-0.39, 0.29) is 28.1 Å². The minimum Gasteiger partial charge on any atom is -0.320 e. The summed E-state index contributed by atoms with van der Waals surface area (Å²) >= 11 is 20.7. The van der Waals surface area contributed by atoms with Gasteiger partial charge in [-0.3, -0.25) is 14.9 Å². The lowest BCUT2D eigenvalue weighted by molar-refractivity contribution is 0.102. The van der Waals surface area contributed by atoms with Crippen molar-refractivity contribution in [2.45, 2.75) is 13.8 Å². The molecule has 0 radical (unpaired) electrons. The SMILES string of the molecule is Cc1cccc(Cl)c1NC(=O)c1cnc(Nc2nc(Cl)nc(Nc3cnc(C(=O)Nc4c(C)cccc4Cl)s3)n2)s1. The van der Waals surface area contributed by atoms with E-state index in [4.69, 9.17) is 34.8 Å². The van der Waals surface area contributed by atoms with Gasteiger partial charge in [0.1, 0.15) is 9.88 Å². The number of aryl methyl sites for hydroxylation is 2. The zero-order valence-corrected chi connectivity index (χ0v) is 25.0. The highest BCUT2D eigenvalue weighted by atomic mass is 35.5. The number of benzene rings is 2. The largest absolute Gasteiger partial charge is 0.320 e. The van der Waals surface area contributed by atoms with E-state index in [1.54, 1.807) is 24.3 Å². The summed E-state index contributed by atoms with van der Waals surface area (Å²) in [7, 11) is 0. The van der Waals surface area contributed by atoms with Crippen LogP contribution in [-0.4, -0.2) is 36.7 Å². The van der Waals surface area contributed by atoms with Crippen molar-refractivity contribution in [2.24, 2.45) is 0 Å². The second-order valence-corrected chi connectivity index (χ2v) is 11.5. The number of anilines is 6. The summed E-state index contributed by atoms with van der Waals surface area (Å²) in [5.41, 5.74) is 2.71. The van der Waals surface area contributed by atoms with Gasteiger partial charge in [-0.25, -0.2) is 9.97 Å². The van der Waals surface area contributed by atoms with Crippen LogP contribution in [0.2, 0.25) is 15.3 Å². The van der Waals surface area contributed by atoms with Gasteiger partial charge in [0.05, 0.1) is 33.8 Å². The Morgan fingerprint density at radius 3 is 1.98 bits per heavy atom. The van der Waals surface area contributed by atoms with Crippen molar-refractivity contribution in [1.29, 1.82) is 0 Å². The van der Waals surface area contributed by atoms with Crippen molar-refractivity contribution in [3.63, 3.8) is 0 Å². The van der Waals surface area contributed by atoms with Crippen molar-refractivity contribution in [3.8, 4) is 0 Å². The highest BCUT2D eigenvalue weighted by molar-refractivity contribution is 7.18. The van der Waals surface area contributed by atoms with E-state index in [0.717, 1.165) is 33.8 Å². The lowest BCUT2D eigenvalue weighted by Crippen LogP contribution is -2.12. The Kier molecular flexibility index (Phi) is 8.61. The number of para-hydroxylation sites is 2. The van der Waals surface area contributed by atoms with E-state index >= 15 is 0 Å². The zero-order valence-electron chi connectivity index (χ0n) is 21.1. The summed E-state index contributed by atoms with van der Waals surface area (Å²) in [6, 6.07) is 10.7. The van der Waals surface area contributed by atoms with Crippen molar-refractivity contribution in [2.75, 3.05) is 21.3 Å². The fourth-order valence-electron chi connectivity index (χ4n) is 3.46. The number of amides is 2. The Morgan fingerprint density at radius 2 is 1.34 bits per heavy atom. The third-order valence-corrected chi connectivity index (χ3v) is 8.03. The number of hydrogen-bond acceptors (Lipinski definition) is 11. The number of thiazole rings is 2. The molecule has 0 saturated carbocycles. The molecule has 3 aromatic heterocycles. The Labute approximate surface area is 256 Å². The van der Waals surface area contributed by atoms with E-state index in [2.05, 4.69) is 46.2 Å². The lowest BCUT2D eigenvalue weighted by atomic mass is 10.2. The molecule has 5 aromatic rings. The maximum atomic E-state index is 12.7. The van der Waals surface area contributed by atoms with E-state index < -0.39 is 5.91 Å². The van der Waals surface area contributed by atoms with Crippen LogP contribution in [0.3, 0.4) is 0 Å². The number of carbonyl (C=O) groups is 2. The monoisotopic (exact) mass is 645 g/mol. The summed E-state index contributed by atoms with van der Waals surface area (Å²) in [5.74, 6) is -0.581. The van der Waals surface area contributed by atoms with Crippen LogP contribution >= 0.6 is 57.5 Å². The van der Waals surface area contributed by atoms with Crippen LogP contribution in [0.4, 0.5) is 33.4 Å². The van der Waals surface area contributed by atoms with Crippen LogP contribution in [0.5, 0.6) is 0 Å². The first-order valence-corrected chi connectivity index (χ1v) is 14.4. The lowest BCUT2D eigenvalue weighted by Gasteiger charge is -2.08. The summed E-state index contributed by atoms with van der Waals surface area (Å²) in [5, 5.41) is 13.3. The molecule has 4 N–H and O–H groups in total. The molecule has 0 bridgehead atoms. The molecular formula is C25H18Cl3N9O2S2. The van der Waals surface area contributed by atoms with Crippen molar-refractivity contribution in [3.05, 3.63) is 85.1 Å². The Hall–Kier alpha value is -3.88. The minimum atomic E-state index is -0.413. The molecule has 2 aromatic carbocycles. The molecule has 11 nitrogen and oxygen atoms in total.